The molecule has 0 aliphatic carbocycles. The monoisotopic (exact) mass is 235 g/mol. The molecule has 17 heavy (non-hydrogen) atoms. The molecular formula is C13H21N3O. The number of hydrogen-bond donors (Lipinski definition) is 1. The van der Waals surface area contributed by atoms with Crippen LogP contribution in [-0.2, 0) is 5.41 Å². The molecule has 1 saturated heterocycles. The second-order valence-corrected chi connectivity index (χ2v) is 5.73. The maximum Gasteiger partial charge on any atom is 0.133 e. The molecule has 0 aromatic carbocycles. The van der Waals surface area contributed by atoms with Gasteiger partial charge < -0.3 is 10.0 Å². The molecule has 2 rings (SSSR count). The van der Waals surface area contributed by atoms with Crippen molar-refractivity contribution >= 4 is 5.69 Å². The topological polar surface area (TPSA) is 49.2 Å². The van der Waals surface area contributed by atoms with E-state index in [4.69, 9.17) is 0 Å². The van der Waals surface area contributed by atoms with Crippen molar-refractivity contribution in [1.29, 1.82) is 0 Å². The molecular weight excluding hydrogens is 214 g/mol. The Hall–Kier alpha value is -1.16. The molecule has 0 bridgehead atoms. The summed E-state index contributed by atoms with van der Waals surface area (Å²) in [5, 5.41) is 9.47. The molecule has 1 aromatic heterocycles. The van der Waals surface area contributed by atoms with Crippen LogP contribution in [0.25, 0.3) is 0 Å². The van der Waals surface area contributed by atoms with Crippen molar-refractivity contribution in [3.8, 4) is 0 Å². The SMILES string of the molecule is CC(C)(C)c1ncc(N2CCC(O)CC2)cn1. The van der Waals surface area contributed by atoms with E-state index in [1.165, 1.54) is 0 Å². The van der Waals surface area contributed by atoms with Gasteiger partial charge in [0.2, 0.25) is 0 Å². The van der Waals surface area contributed by atoms with Crippen LogP contribution in [0.1, 0.15) is 39.4 Å². The molecule has 1 N–H and O–H groups in total. The summed E-state index contributed by atoms with van der Waals surface area (Å²) in [6.07, 6.45) is 5.32. The van der Waals surface area contributed by atoms with E-state index in [9.17, 15) is 5.11 Å². The molecule has 0 spiro atoms. The fraction of sp³-hybridized carbons (Fsp3) is 0.692. The first-order chi connectivity index (χ1) is 7.97. The first-order valence-electron chi connectivity index (χ1n) is 6.22. The molecule has 0 amide bonds. The maximum absolute atomic E-state index is 9.47. The van der Waals surface area contributed by atoms with Gasteiger partial charge in [0, 0.05) is 18.5 Å². The zero-order valence-electron chi connectivity index (χ0n) is 10.8. The molecule has 2 heterocycles. The third kappa shape index (κ3) is 2.94. The van der Waals surface area contributed by atoms with Crippen LogP contribution in [0.5, 0.6) is 0 Å². The first-order valence-corrected chi connectivity index (χ1v) is 6.22. The van der Waals surface area contributed by atoms with Crippen LogP contribution < -0.4 is 4.90 Å². The Labute approximate surface area is 103 Å². The highest BCUT2D eigenvalue weighted by Crippen LogP contribution is 2.21. The summed E-state index contributed by atoms with van der Waals surface area (Å²) in [5.74, 6) is 0.873. The molecule has 1 fully saturated rings. The summed E-state index contributed by atoms with van der Waals surface area (Å²) in [5.41, 5.74) is 1.06. The van der Waals surface area contributed by atoms with Crippen molar-refractivity contribution in [1.82, 2.24) is 9.97 Å². The number of aliphatic hydroxyl groups excluding tert-OH is 1. The lowest BCUT2D eigenvalue weighted by Crippen LogP contribution is -2.36. The average molecular weight is 235 g/mol. The number of piperidine rings is 1. The zero-order chi connectivity index (χ0) is 12.5. The second kappa shape index (κ2) is 4.61. The Morgan fingerprint density at radius 3 is 2.18 bits per heavy atom. The van der Waals surface area contributed by atoms with Gasteiger partial charge >= 0.3 is 0 Å². The molecule has 1 aromatic rings. The Balaban J connectivity index is 2.08. The lowest BCUT2D eigenvalue weighted by Gasteiger charge is -2.31. The van der Waals surface area contributed by atoms with Gasteiger partial charge in [-0.05, 0) is 12.8 Å². The number of hydrogen-bond acceptors (Lipinski definition) is 4. The third-order valence-electron chi connectivity index (χ3n) is 3.14. The number of anilines is 1. The zero-order valence-corrected chi connectivity index (χ0v) is 10.8. The van der Waals surface area contributed by atoms with Crippen molar-refractivity contribution in [2.75, 3.05) is 18.0 Å². The van der Waals surface area contributed by atoms with E-state index < -0.39 is 0 Å². The minimum absolute atomic E-state index is 0.00335. The first kappa shape index (κ1) is 12.3. The van der Waals surface area contributed by atoms with Crippen molar-refractivity contribution in [2.45, 2.75) is 45.1 Å². The second-order valence-electron chi connectivity index (χ2n) is 5.73. The highest BCUT2D eigenvalue weighted by atomic mass is 16.3. The molecule has 94 valence electrons. The molecule has 1 aliphatic rings. The van der Waals surface area contributed by atoms with Gasteiger partial charge in [0.15, 0.2) is 0 Å². The molecule has 0 unspecified atom stereocenters. The predicted octanol–water partition coefficient (Wildman–Crippen LogP) is 1.74. The Morgan fingerprint density at radius 1 is 1.18 bits per heavy atom. The van der Waals surface area contributed by atoms with Gasteiger partial charge in [-0.2, -0.15) is 0 Å². The lowest BCUT2D eigenvalue weighted by atomic mass is 9.96. The predicted molar refractivity (Wildman–Crippen MR) is 68.2 cm³/mol. The van der Waals surface area contributed by atoms with Crippen LogP contribution in [-0.4, -0.2) is 34.3 Å². The van der Waals surface area contributed by atoms with Crippen LogP contribution in [0.15, 0.2) is 12.4 Å². The van der Waals surface area contributed by atoms with Crippen molar-refractivity contribution in [2.24, 2.45) is 0 Å². The van der Waals surface area contributed by atoms with E-state index in [0.717, 1.165) is 37.4 Å². The van der Waals surface area contributed by atoms with Gasteiger partial charge in [-0.1, -0.05) is 20.8 Å². The standard InChI is InChI=1S/C13H21N3O/c1-13(2,3)12-14-8-10(9-15-12)16-6-4-11(17)5-7-16/h8-9,11,17H,4-7H2,1-3H3. The minimum Gasteiger partial charge on any atom is -0.393 e. The number of aliphatic hydroxyl groups is 1. The fourth-order valence-corrected chi connectivity index (χ4v) is 2.00. The lowest BCUT2D eigenvalue weighted by molar-refractivity contribution is 0.145. The van der Waals surface area contributed by atoms with Crippen LogP contribution in [0.2, 0.25) is 0 Å². The van der Waals surface area contributed by atoms with E-state index in [0.29, 0.717) is 0 Å². The van der Waals surface area contributed by atoms with E-state index in [1.807, 2.05) is 12.4 Å². The van der Waals surface area contributed by atoms with E-state index in [2.05, 4.69) is 35.6 Å². The third-order valence-corrected chi connectivity index (χ3v) is 3.14. The molecule has 0 radical (unpaired) electrons. The molecule has 4 nitrogen and oxygen atoms in total. The summed E-state index contributed by atoms with van der Waals surface area (Å²) < 4.78 is 0. The van der Waals surface area contributed by atoms with Crippen LogP contribution in [0.3, 0.4) is 0 Å². The summed E-state index contributed by atoms with van der Waals surface area (Å²) in [7, 11) is 0. The van der Waals surface area contributed by atoms with Gasteiger partial charge in [-0.15, -0.1) is 0 Å². The minimum atomic E-state index is -0.138. The van der Waals surface area contributed by atoms with Crippen molar-refractivity contribution in [3.63, 3.8) is 0 Å². The molecule has 0 saturated carbocycles. The number of aromatic nitrogens is 2. The Kier molecular flexibility index (Phi) is 3.33. The fourth-order valence-electron chi connectivity index (χ4n) is 2.00. The van der Waals surface area contributed by atoms with Gasteiger partial charge in [0.05, 0.1) is 24.2 Å². The summed E-state index contributed by atoms with van der Waals surface area (Å²) in [6.45, 7) is 8.11. The quantitative estimate of drug-likeness (QED) is 0.805. The average Bonchev–Trinajstić information content (AvgIpc) is 2.29. The van der Waals surface area contributed by atoms with E-state index in [1.54, 1.807) is 0 Å². The smallest absolute Gasteiger partial charge is 0.133 e. The Morgan fingerprint density at radius 2 is 1.71 bits per heavy atom. The Bertz CT molecular complexity index is 361. The number of nitrogens with zero attached hydrogens (tertiary/aromatic N) is 3. The van der Waals surface area contributed by atoms with Crippen molar-refractivity contribution < 1.29 is 5.11 Å². The number of rotatable bonds is 1. The van der Waals surface area contributed by atoms with Gasteiger partial charge in [0.25, 0.3) is 0 Å². The summed E-state index contributed by atoms with van der Waals surface area (Å²) in [6, 6.07) is 0. The van der Waals surface area contributed by atoms with Crippen molar-refractivity contribution in [3.05, 3.63) is 18.2 Å². The van der Waals surface area contributed by atoms with E-state index >= 15 is 0 Å². The molecule has 1 aliphatic heterocycles. The molecule has 4 heteroatoms. The van der Waals surface area contributed by atoms with Gasteiger partial charge in [-0.3, -0.25) is 0 Å². The van der Waals surface area contributed by atoms with Gasteiger partial charge in [-0.25, -0.2) is 9.97 Å². The summed E-state index contributed by atoms with van der Waals surface area (Å²) in [4.78, 5) is 11.1. The summed E-state index contributed by atoms with van der Waals surface area (Å²) >= 11 is 0. The van der Waals surface area contributed by atoms with Crippen LogP contribution in [0, 0.1) is 0 Å². The highest BCUT2D eigenvalue weighted by molar-refractivity contribution is 5.42. The van der Waals surface area contributed by atoms with E-state index in [-0.39, 0.29) is 11.5 Å². The van der Waals surface area contributed by atoms with Gasteiger partial charge in [0.1, 0.15) is 5.82 Å². The van der Waals surface area contributed by atoms with Crippen LogP contribution >= 0.6 is 0 Å². The maximum atomic E-state index is 9.47. The highest BCUT2D eigenvalue weighted by Gasteiger charge is 2.20. The normalized spacial score (nSPS) is 18.5. The van der Waals surface area contributed by atoms with Crippen LogP contribution in [0.4, 0.5) is 5.69 Å². The largest absolute Gasteiger partial charge is 0.393 e. The molecule has 0 atom stereocenters.